The van der Waals surface area contributed by atoms with Crippen molar-refractivity contribution in [3.63, 3.8) is 0 Å². The van der Waals surface area contributed by atoms with Crippen molar-refractivity contribution in [2.45, 2.75) is 26.2 Å². The number of rotatable bonds is 6. The van der Waals surface area contributed by atoms with Gasteiger partial charge in [0.15, 0.2) is 0 Å². The van der Waals surface area contributed by atoms with Crippen LogP contribution >= 0.6 is 0 Å². The molecule has 1 heterocycles. The number of piperidine rings is 1. The van der Waals surface area contributed by atoms with Crippen LogP contribution in [0.25, 0.3) is 0 Å². The molecule has 2 unspecified atom stereocenters. The molecule has 0 bridgehead atoms. The molecule has 130 valence electrons. The number of likely N-dealkylation sites (tertiary alicyclic amines) is 1. The molecule has 0 saturated carbocycles. The Hall–Kier alpha value is -2.37. The van der Waals surface area contributed by atoms with Gasteiger partial charge in [-0.2, -0.15) is 0 Å². The fourth-order valence-corrected chi connectivity index (χ4v) is 3.05. The van der Waals surface area contributed by atoms with E-state index in [-0.39, 0.29) is 30.1 Å². The maximum Gasteiger partial charge on any atom is 0.306 e. The van der Waals surface area contributed by atoms with Crippen molar-refractivity contribution in [3.8, 4) is 0 Å². The second kappa shape index (κ2) is 8.47. The molecule has 6 heteroatoms. The van der Waals surface area contributed by atoms with Gasteiger partial charge in [-0.05, 0) is 17.9 Å². The number of amides is 2. The number of carbonyl (C=O) groups is 3. The molecule has 2 amide bonds. The Morgan fingerprint density at radius 1 is 1.25 bits per heavy atom. The smallest absolute Gasteiger partial charge is 0.306 e. The first-order valence-corrected chi connectivity index (χ1v) is 8.28. The summed E-state index contributed by atoms with van der Waals surface area (Å²) in [7, 11) is 0. The van der Waals surface area contributed by atoms with Gasteiger partial charge in [-0.3, -0.25) is 14.4 Å². The van der Waals surface area contributed by atoms with E-state index in [2.05, 4.69) is 5.32 Å². The molecule has 1 fully saturated rings. The maximum atomic E-state index is 12.2. The average molecular weight is 332 g/mol. The lowest BCUT2D eigenvalue weighted by Crippen LogP contribution is -2.45. The fourth-order valence-electron chi connectivity index (χ4n) is 3.05. The molecule has 0 radical (unpaired) electrons. The highest BCUT2D eigenvalue weighted by molar-refractivity contribution is 5.80. The first kappa shape index (κ1) is 18.0. The molecule has 1 aliphatic heterocycles. The number of aliphatic carboxylic acids is 1. The molecule has 24 heavy (non-hydrogen) atoms. The molecule has 0 aliphatic carbocycles. The first-order chi connectivity index (χ1) is 11.5. The number of carboxylic acid groups (broad SMARTS) is 1. The number of carboxylic acids is 1. The van der Waals surface area contributed by atoms with E-state index >= 15 is 0 Å². The Balaban J connectivity index is 1.70. The monoisotopic (exact) mass is 332 g/mol. The van der Waals surface area contributed by atoms with Crippen LogP contribution < -0.4 is 5.32 Å². The summed E-state index contributed by atoms with van der Waals surface area (Å²) >= 11 is 0. The summed E-state index contributed by atoms with van der Waals surface area (Å²) in [5.74, 6) is -1.35. The molecule has 2 atom stereocenters. The maximum absolute atomic E-state index is 12.2. The predicted octanol–water partition coefficient (Wildman–Crippen LogP) is 1.30. The number of hydrogen-bond acceptors (Lipinski definition) is 3. The fraction of sp³-hybridized carbons (Fsp3) is 0.500. The van der Waals surface area contributed by atoms with Crippen LogP contribution in [0.4, 0.5) is 0 Å². The van der Waals surface area contributed by atoms with E-state index in [0.29, 0.717) is 32.5 Å². The van der Waals surface area contributed by atoms with E-state index in [1.165, 1.54) is 0 Å². The van der Waals surface area contributed by atoms with Crippen molar-refractivity contribution in [1.82, 2.24) is 10.2 Å². The number of carbonyl (C=O) groups excluding carboxylic acids is 2. The Labute approximate surface area is 141 Å². The van der Waals surface area contributed by atoms with Crippen LogP contribution in [0.15, 0.2) is 30.3 Å². The summed E-state index contributed by atoms with van der Waals surface area (Å²) in [4.78, 5) is 36.8. The van der Waals surface area contributed by atoms with Crippen molar-refractivity contribution >= 4 is 17.8 Å². The topological polar surface area (TPSA) is 86.7 Å². The molecule has 2 N–H and O–H groups in total. The first-order valence-electron chi connectivity index (χ1n) is 8.28. The quantitative estimate of drug-likeness (QED) is 0.822. The second-order valence-corrected chi connectivity index (χ2v) is 6.31. The van der Waals surface area contributed by atoms with Crippen molar-refractivity contribution in [1.29, 1.82) is 0 Å². The SMILES string of the molecule is CC1CN(C(=O)CCNC(=O)Cc2ccccc2)CCC1C(=O)O. The van der Waals surface area contributed by atoms with Gasteiger partial charge in [-0.25, -0.2) is 0 Å². The highest BCUT2D eigenvalue weighted by atomic mass is 16.4. The second-order valence-electron chi connectivity index (χ2n) is 6.31. The standard InChI is InChI=1S/C18H24N2O4/c1-13-12-20(10-8-15(13)18(23)24)17(22)7-9-19-16(21)11-14-5-3-2-4-6-14/h2-6,13,15H,7-12H2,1H3,(H,19,21)(H,23,24). The van der Waals surface area contributed by atoms with Gasteiger partial charge in [0.2, 0.25) is 11.8 Å². The van der Waals surface area contributed by atoms with Gasteiger partial charge in [0.05, 0.1) is 12.3 Å². The van der Waals surface area contributed by atoms with E-state index in [9.17, 15) is 14.4 Å². The van der Waals surface area contributed by atoms with Gasteiger partial charge < -0.3 is 15.3 Å². The third-order valence-electron chi connectivity index (χ3n) is 4.44. The molecule has 0 aromatic heterocycles. The Kier molecular flexibility index (Phi) is 6.35. The zero-order valence-corrected chi connectivity index (χ0v) is 13.9. The van der Waals surface area contributed by atoms with Gasteiger partial charge in [0.25, 0.3) is 0 Å². The lowest BCUT2D eigenvalue weighted by Gasteiger charge is -2.35. The van der Waals surface area contributed by atoms with Crippen molar-refractivity contribution in [3.05, 3.63) is 35.9 Å². The lowest BCUT2D eigenvalue weighted by atomic mass is 9.87. The molecule has 1 aromatic rings. The summed E-state index contributed by atoms with van der Waals surface area (Å²) in [5.41, 5.74) is 0.936. The summed E-state index contributed by atoms with van der Waals surface area (Å²) < 4.78 is 0. The van der Waals surface area contributed by atoms with E-state index in [1.54, 1.807) is 4.90 Å². The Bertz CT molecular complexity index is 588. The van der Waals surface area contributed by atoms with Crippen LogP contribution in [-0.2, 0) is 20.8 Å². The summed E-state index contributed by atoms with van der Waals surface area (Å²) in [6.07, 6.45) is 1.03. The third kappa shape index (κ3) is 5.08. The highest BCUT2D eigenvalue weighted by Gasteiger charge is 2.32. The molecule has 0 spiro atoms. The predicted molar refractivity (Wildman–Crippen MR) is 89.3 cm³/mol. The largest absolute Gasteiger partial charge is 0.481 e. The minimum Gasteiger partial charge on any atom is -0.481 e. The minimum absolute atomic E-state index is 0.0364. The molecule has 1 aliphatic rings. The van der Waals surface area contributed by atoms with Crippen molar-refractivity contribution < 1.29 is 19.5 Å². The highest BCUT2D eigenvalue weighted by Crippen LogP contribution is 2.23. The normalized spacial score (nSPS) is 20.5. The van der Waals surface area contributed by atoms with Crippen LogP contribution in [0.1, 0.15) is 25.3 Å². The van der Waals surface area contributed by atoms with Gasteiger partial charge in [0.1, 0.15) is 0 Å². The van der Waals surface area contributed by atoms with E-state index in [0.717, 1.165) is 5.56 Å². The number of nitrogens with zero attached hydrogens (tertiary/aromatic N) is 1. The molecule has 1 saturated heterocycles. The molecule has 6 nitrogen and oxygen atoms in total. The third-order valence-corrected chi connectivity index (χ3v) is 4.44. The van der Waals surface area contributed by atoms with E-state index < -0.39 is 5.97 Å². The van der Waals surface area contributed by atoms with Crippen molar-refractivity contribution in [2.75, 3.05) is 19.6 Å². The van der Waals surface area contributed by atoms with Crippen molar-refractivity contribution in [2.24, 2.45) is 11.8 Å². The Morgan fingerprint density at radius 2 is 1.96 bits per heavy atom. The number of benzene rings is 1. The van der Waals surface area contributed by atoms with Crippen LogP contribution in [0.5, 0.6) is 0 Å². The summed E-state index contributed by atoms with van der Waals surface area (Å²) in [5, 5.41) is 11.9. The summed E-state index contributed by atoms with van der Waals surface area (Å²) in [6, 6.07) is 9.44. The number of nitrogens with one attached hydrogen (secondary N) is 1. The van der Waals surface area contributed by atoms with Crippen LogP contribution in [0.2, 0.25) is 0 Å². The molecular weight excluding hydrogens is 308 g/mol. The minimum atomic E-state index is -0.789. The molecule has 1 aromatic carbocycles. The van der Waals surface area contributed by atoms with E-state index in [1.807, 2.05) is 37.3 Å². The van der Waals surface area contributed by atoms with Crippen LogP contribution in [-0.4, -0.2) is 47.4 Å². The van der Waals surface area contributed by atoms with Gasteiger partial charge in [-0.15, -0.1) is 0 Å². The van der Waals surface area contributed by atoms with Gasteiger partial charge in [0, 0.05) is 26.1 Å². The van der Waals surface area contributed by atoms with Crippen LogP contribution in [0, 0.1) is 11.8 Å². The summed E-state index contributed by atoms with van der Waals surface area (Å²) in [6.45, 7) is 3.10. The zero-order chi connectivity index (χ0) is 17.5. The Morgan fingerprint density at radius 3 is 2.58 bits per heavy atom. The average Bonchev–Trinajstić information content (AvgIpc) is 2.55. The molecular formula is C18H24N2O4. The lowest BCUT2D eigenvalue weighted by molar-refractivity contribution is -0.148. The molecule has 2 rings (SSSR count). The van der Waals surface area contributed by atoms with Gasteiger partial charge >= 0.3 is 5.97 Å². The zero-order valence-electron chi connectivity index (χ0n) is 13.9. The van der Waals surface area contributed by atoms with E-state index in [4.69, 9.17) is 5.11 Å². The van der Waals surface area contributed by atoms with Crippen LogP contribution in [0.3, 0.4) is 0 Å². The van der Waals surface area contributed by atoms with Gasteiger partial charge in [-0.1, -0.05) is 37.3 Å². The number of hydrogen-bond donors (Lipinski definition) is 2.